The number of pyridine rings is 1. The summed E-state index contributed by atoms with van der Waals surface area (Å²) in [7, 11) is 1.57. The topological polar surface area (TPSA) is 120 Å². The van der Waals surface area contributed by atoms with Crippen molar-refractivity contribution in [1.29, 1.82) is 0 Å². The van der Waals surface area contributed by atoms with Gasteiger partial charge in [-0.15, -0.1) is 0 Å². The first-order chi connectivity index (χ1) is 15.6. The zero-order valence-corrected chi connectivity index (χ0v) is 18.0. The zero-order valence-electron chi connectivity index (χ0n) is 18.0. The maximum Gasteiger partial charge on any atom is 0.269 e. The Morgan fingerprint density at radius 3 is 2.38 bits per heavy atom. The van der Waals surface area contributed by atoms with Crippen LogP contribution in [-0.4, -0.2) is 24.3 Å². The molecule has 0 aliphatic carbocycles. The molecular weight excluding hydrogens is 404 g/mol. The average molecular weight is 433 g/mol. The summed E-state index contributed by atoms with van der Waals surface area (Å²) in [6.07, 6.45) is 8.71. The fraction of sp³-hybridized carbons (Fsp3) is 0.160. The molecule has 2 amide bonds. The van der Waals surface area contributed by atoms with Gasteiger partial charge in [0.1, 0.15) is 17.2 Å². The van der Waals surface area contributed by atoms with Crippen LogP contribution < -0.4 is 32.0 Å². The lowest BCUT2D eigenvalue weighted by Gasteiger charge is -2.08. The quantitative estimate of drug-likeness (QED) is 0.389. The zero-order chi connectivity index (χ0) is 23.2. The van der Waals surface area contributed by atoms with Crippen LogP contribution in [-0.2, 0) is 11.2 Å². The Balaban J connectivity index is 0.00000114. The molecule has 0 atom stereocenters. The van der Waals surface area contributed by atoms with Crippen LogP contribution in [0, 0.1) is 0 Å². The molecule has 0 spiro atoms. The van der Waals surface area contributed by atoms with Gasteiger partial charge >= 0.3 is 0 Å². The van der Waals surface area contributed by atoms with E-state index < -0.39 is 0 Å². The minimum Gasteiger partial charge on any atom is -0.457 e. The van der Waals surface area contributed by atoms with Crippen LogP contribution in [0.1, 0.15) is 28.9 Å². The summed E-state index contributed by atoms with van der Waals surface area (Å²) in [5, 5.41) is 4.79. The van der Waals surface area contributed by atoms with Crippen LogP contribution in [0.4, 0.5) is 0 Å². The van der Waals surface area contributed by atoms with Crippen molar-refractivity contribution in [3.05, 3.63) is 88.6 Å². The van der Waals surface area contributed by atoms with Gasteiger partial charge in [0, 0.05) is 25.5 Å². The van der Waals surface area contributed by atoms with Crippen LogP contribution in [0.5, 0.6) is 11.5 Å². The Hall–Kier alpha value is -4.13. The second-order valence-corrected chi connectivity index (χ2v) is 6.73. The van der Waals surface area contributed by atoms with Gasteiger partial charge in [-0.3, -0.25) is 14.6 Å². The molecule has 3 rings (SSSR count). The number of aromatic nitrogens is 1. The van der Waals surface area contributed by atoms with Crippen molar-refractivity contribution in [1.82, 2.24) is 10.3 Å². The number of nitrogens with two attached hydrogens (primary N) is 2. The summed E-state index contributed by atoms with van der Waals surface area (Å²) < 4.78 is 5.84. The molecule has 1 aromatic heterocycles. The van der Waals surface area contributed by atoms with E-state index in [9.17, 15) is 4.79 Å². The van der Waals surface area contributed by atoms with E-state index >= 15 is 0 Å². The van der Waals surface area contributed by atoms with Crippen molar-refractivity contribution in [2.24, 2.45) is 11.5 Å². The number of carbonyl (C=O) groups is 2. The molecule has 0 aliphatic rings. The SMILES string of the molecule is CNC(=O)c1cc(Oc2ccc(CCC/C=c3/cccc/c3=C/N)cc2)ccn1.NC=O. The molecule has 0 bridgehead atoms. The Morgan fingerprint density at radius 2 is 1.72 bits per heavy atom. The van der Waals surface area contributed by atoms with Crippen LogP contribution in [0.25, 0.3) is 12.3 Å². The number of ether oxygens (including phenoxy) is 1. The third-order valence-electron chi connectivity index (χ3n) is 4.56. The second kappa shape index (κ2) is 13.2. The Morgan fingerprint density at radius 1 is 1.03 bits per heavy atom. The Bertz CT molecular complexity index is 1130. The van der Waals surface area contributed by atoms with E-state index in [0.717, 1.165) is 30.2 Å². The molecule has 7 heteroatoms. The van der Waals surface area contributed by atoms with E-state index in [4.69, 9.17) is 15.3 Å². The van der Waals surface area contributed by atoms with Gasteiger partial charge in [0.15, 0.2) is 0 Å². The predicted molar refractivity (Wildman–Crippen MR) is 126 cm³/mol. The number of hydrogen-bond donors (Lipinski definition) is 3. The van der Waals surface area contributed by atoms with E-state index in [1.54, 1.807) is 31.6 Å². The number of nitrogens with zero attached hydrogens (tertiary/aromatic N) is 1. The van der Waals surface area contributed by atoms with E-state index in [2.05, 4.69) is 40.3 Å². The highest BCUT2D eigenvalue weighted by Crippen LogP contribution is 2.22. The van der Waals surface area contributed by atoms with Crippen LogP contribution in [0.2, 0.25) is 0 Å². The monoisotopic (exact) mass is 432 g/mol. The molecule has 166 valence electrons. The number of amides is 2. The molecule has 0 aliphatic heterocycles. The number of aryl methyl sites for hydroxylation is 1. The summed E-state index contributed by atoms with van der Waals surface area (Å²) in [5.74, 6) is 1.06. The Labute approximate surface area is 187 Å². The molecular formula is C25H28N4O3. The fourth-order valence-corrected chi connectivity index (χ4v) is 3.00. The van der Waals surface area contributed by atoms with Crippen molar-refractivity contribution in [2.75, 3.05) is 7.05 Å². The van der Waals surface area contributed by atoms with Gasteiger partial charge < -0.3 is 21.5 Å². The standard InChI is InChI=1S/C24H25N3O2.CH3NO/c1-26-24(28)23-16-22(14-15-27-23)29-21-12-10-18(11-13-21)6-2-3-7-19-8-4-5-9-20(19)17-25;2-1-3/h4-5,7-17H,2-3,6,25H2,1H3,(H,26,28);1H,(H2,2,3)/b19-7-,20-17-;. The lowest BCUT2D eigenvalue weighted by atomic mass is 10.1. The number of nitrogens with one attached hydrogen (secondary N) is 1. The van der Waals surface area contributed by atoms with Crippen molar-refractivity contribution >= 4 is 24.6 Å². The van der Waals surface area contributed by atoms with Gasteiger partial charge in [0.2, 0.25) is 6.41 Å². The average Bonchev–Trinajstić information content (AvgIpc) is 2.83. The van der Waals surface area contributed by atoms with Gasteiger partial charge in [-0.1, -0.05) is 42.5 Å². The first-order valence-electron chi connectivity index (χ1n) is 10.2. The van der Waals surface area contributed by atoms with Crippen LogP contribution in [0.15, 0.2) is 66.9 Å². The Kier molecular flexibility index (Phi) is 9.98. The van der Waals surface area contributed by atoms with Gasteiger partial charge in [0.25, 0.3) is 5.91 Å². The van der Waals surface area contributed by atoms with Gasteiger partial charge in [-0.25, -0.2) is 0 Å². The summed E-state index contributed by atoms with van der Waals surface area (Å²) in [6.45, 7) is 0. The summed E-state index contributed by atoms with van der Waals surface area (Å²) in [4.78, 5) is 24.3. The molecule has 5 N–H and O–H groups in total. The fourth-order valence-electron chi connectivity index (χ4n) is 3.00. The molecule has 0 saturated carbocycles. The number of primary amides is 1. The lowest BCUT2D eigenvalue weighted by molar-refractivity contribution is -0.106. The van der Waals surface area contributed by atoms with Crippen molar-refractivity contribution < 1.29 is 14.3 Å². The predicted octanol–water partition coefficient (Wildman–Crippen LogP) is 1.84. The number of hydrogen-bond acceptors (Lipinski definition) is 5. The van der Waals surface area contributed by atoms with E-state index in [1.165, 1.54) is 10.8 Å². The maximum absolute atomic E-state index is 11.7. The molecule has 3 aromatic rings. The highest BCUT2D eigenvalue weighted by molar-refractivity contribution is 5.92. The number of unbranched alkanes of at least 4 members (excludes halogenated alkanes) is 1. The normalized spacial score (nSPS) is 11.3. The first kappa shape index (κ1) is 24.1. The number of benzene rings is 2. The lowest BCUT2D eigenvalue weighted by Crippen LogP contribution is -2.25. The van der Waals surface area contributed by atoms with Crippen LogP contribution >= 0.6 is 0 Å². The molecule has 0 radical (unpaired) electrons. The van der Waals surface area contributed by atoms with E-state index in [0.29, 0.717) is 11.4 Å². The largest absolute Gasteiger partial charge is 0.457 e. The third kappa shape index (κ3) is 7.60. The summed E-state index contributed by atoms with van der Waals surface area (Å²) in [6, 6.07) is 19.5. The van der Waals surface area contributed by atoms with Gasteiger partial charge in [0.05, 0.1) is 0 Å². The molecule has 0 saturated heterocycles. The minimum atomic E-state index is -0.241. The smallest absolute Gasteiger partial charge is 0.269 e. The molecule has 0 fully saturated rings. The molecule has 2 aromatic carbocycles. The first-order valence-corrected chi connectivity index (χ1v) is 10.2. The van der Waals surface area contributed by atoms with Gasteiger partial charge in [-0.2, -0.15) is 0 Å². The van der Waals surface area contributed by atoms with E-state index in [1.807, 2.05) is 30.3 Å². The minimum absolute atomic E-state index is 0.241. The highest BCUT2D eigenvalue weighted by atomic mass is 16.5. The van der Waals surface area contributed by atoms with Crippen molar-refractivity contribution in [3.63, 3.8) is 0 Å². The molecule has 32 heavy (non-hydrogen) atoms. The maximum atomic E-state index is 11.7. The van der Waals surface area contributed by atoms with Gasteiger partial charge in [-0.05, 0) is 53.5 Å². The second-order valence-electron chi connectivity index (χ2n) is 6.73. The van der Waals surface area contributed by atoms with Crippen molar-refractivity contribution in [2.45, 2.75) is 19.3 Å². The van der Waals surface area contributed by atoms with Crippen molar-refractivity contribution in [3.8, 4) is 11.5 Å². The van der Waals surface area contributed by atoms with Crippen LogP contribution in [0.3, 0.4) is 0 Å². The van der Waals surface area contributed by atoms with E-state index in [-0.39, 0.29) is 12.3 Å². The summed E-state index contributed by atoms with van der Waals surface area (Å²) in [5.41, 5.74) is 11.4. The number of rotatable bonds is 7. The highest BCUT2D eigenvalue weighted by Gasteiger charge is 2.06. The number of carbonyl (C=O) groups excluding carboxylic acids is 2. The summed E-state index contributed by atoms with van der Waals surface area (Å²) >= 11 is 0. The molecule has 7 nitrogen and oxygen atoms in total. The third-order valence-corrected chi connectivity index (χ3v) is 4.56. The molecule has 1 heterocycles. The molecule has 0 unspecified atom stereocenters.